The highest BCUT2D eigenvalue weighted by Gasteiger charge is 2.27. The van der Waals surface area contributed by atoms with Crippen LogP contribution in [0.1, 0.15) is 31.3 Å². The number of pyridine rings is 1. The SMILES string of the molecule is CC(C)(C)Nc1c(-c2cccc(F)c2)nc2sc(N3CCN(C(=O)c4ccccn4)CC3)nn12. The van der Waals surface area contributed by atoms with Crippen LogP contribution < -0.4 is 10.2 Å². The van der Waals surface area contributed by atoms with Crippen molar-refractivity contribution in [2.45, 2.75) is 26.3 Å². The van der Waals surface area contributed by atoms with Gasteiger partial charge in [-0.05, 0) is 45.0 Å². The maximum absolute atomic E-state index is 13.9. The van der Waals surface area contributed by atoms with Crippen LogP contribution >= 0.6 is 11.3 Å². The zero-order chi connectivity index (χ0) is 23.9. The lowest BCUT2D eigenvalue weighted by atomic mass is 10.1. The molecular formula is C24H26FN7OS. The third-order valence-electron chi connectivity index (χ3n) is 5.51. The zero-order valence-electron chi connectivity index (χ0n) is 19.3. The molecule has 5 rings (SSSR count). The number of nitrogens with zero attached hydrogens (tertiary/aromatic N) is 6. The fraction of sp³-hybridized carbons (Fsp3) is 0.333. The topological polar surface area (TPSA) is 78.7 Å². The van der Waals surface area contributed by atoms with E-state index in [0.717, 1.165) is 15.9 Å². The Morgan fingerprint density at radius 3 is 2.56 bits per heavy atom. The molecule has 0 aliphatic carbocycles. The molecule has 1 amide bonds. The van der Waals surface area contributed by atoms with E-state index in [2.05, 4.69) is 36.0 Å². The summed E-state index contributed by atoms with van der Waals surface area (Å²) in [6.07, 6.45) is 1.64. The van der Waals surface area contributed by atoms with E-state index in [1.54, 1.807) is 28.9 Å². The highest BCUT2D eigenvalue weighted by atomic mass is 32.1. The average molecular weight is 480 g/mol. The molecular weight excluding hydrogens is 453 g/mol. The summed E-state index contributed by atoms with van der Waals surface area (Å²) < 4.78 is 15.7. The van der Waals surface area contributed by atoms with Crippen molar-refractivity contribution in [1.82, 2.24) is 24.5 Å². The Bertz CT molecular complexity index is 1320. The van der Waals surface area contributed by atoms with Crippen LogP contribution in [-0.4, -0.2) is 62.1 Å². The highest BCUT2D eigenvalue weighted by molar-refractivity contribution is 7.20. The number of carbonyl (C=O) groups excluding carboxylic acids is 1. The van der Waals surface area contributed by atoms with Gasteiger partial charge in [0.15, 0.2) is 5.82 Å². The predicted molar refractivity (Wildman–Crippen MR) is 132 cm³/mol. The number of hydrogen-bond donors (Lipinski definition) is 1. The molecule has 176 valence electrons. The minimum absolute atomic E-state index is 0.0504. The number of imidazole rings is 1. The lowest BCUT2D eigenvalue weighted by molar-refractivity contribution is 0.0741. The summed E-state index contributed by atoms with van der Waals surface area (Å²) in [5, 5.41) is 9.18. The van der Waals surface area contributed by atoms with Crippen LogP contribution in [0.15, 0.2) is 48.7 Å². The molecule has 3 aromatic heterocycles. The van der Waals surface area contributed by atoms with Gasteiger partial charge in [-0.3, -0.25) is 9.78 Å². The minimum atomic E-state index is -0.303. The smallest absolute Gasteiger partial charge is 0.272 e. The third-order valence-corrected chi connectivity index (χ3v) is 6.47. The first-order chi connectivity index (χ1) is 16.3. The highest BCUT2D eigenvalue weighted by Crippen LogP contribution is 2.35. The molecule has 4 aromatic rings. The number of hydrogen-bond acceptors (Lipinski definition) is 7. The first kappa shape index (κ1) is 22.3. The van der Waals surface area contributed by atoms with Gasteiger partial charge in [0.2, 0.25) is 10.1 Å². The summed E-state index contributed by atoms with van der Waals surface area (Å²) in [6, 6.07) is 11.8. The van der Waals surface area contributed by atoms with Gasteiger partial charge in [0.05, 0.1) is 0 Å². The van der Waals surface area contributed by atoms with Crippen molar-refractivity contribution in [3.63, 3.8) is 0 Å². The quantitative estimate of drug-likeness (QED) is 0.474. The monoisotopic (exact) mass is 479 g/mol. The molecule has 1 aliphatic rings. The van der Waals surface area contributed by atoms with Crippen molar-refractivity contribution < 1.29 is 9.18 Å². The number of anilines is 2. The summed E-state index contributed by atoms with van der Waals surface area (Å²) >= 11 is 1.49. The summed E-state index contributed by atoms with van der Waals surface area (Å²) in [4.78, 5) is 26.4. The van der Waals surface area contributed by atoms with E-state index < -0.39 is 0 Å². The molecule has 1 aromatic carbocycles. The Hall–Kier alpha value is -3.53. The molecule has 1 fully saturated rings. The number of carbonyl (C=O) groups is 1. The van der Waals surface area contributed by atoms with Crippen LogP contribution in [-0.2, 0) is 0 Å². The van der Waals surface area contributed by atoms with E-state index in [1.165, 1.54) is 23.5 Å². The number of rotatable bonds is 4. The lowest BCUT2D eigenvalue weighted by Gasteiger charge is -2.34. The number of nitrogens with one attached hydrogen (secondary N) is 1. The molecule has 10 heteroatoms. The van der Waals surface area contributed by atoms with Gasteiger partial charge in [-0.25, -0.2) is 9.37 Å². The Morgan fingerprint density at radius 2 is 1.88 bits per heavy atom. The van der Waals surface area contributed by atoms with Crippen LogP contribution in [0.25, 0.3) is 16.2 Å². The van der Waals surface area contributed by atoms with Crippen LogP contribution in [0, 0.1) is 5.82 Å². The molecule has 1 aliphatic heterocycles. The van der Waals surface area contributed by atoms with Gasteiger partial charge in [-0.15, -0.1) is 5.10 Å². The van der Waals surface area contributed by atoms with Gasteiger partial charge in [0.1, 0.15) is 17.2 Å². The third kappa shape index (κ3) is 4.45. The van der Waals surface area contributed by atoms with Gasteiger partial charge in [0, 0.05) is 43.5 Å². The first-order valence-electron chi connectivity index (χ1n) is 11.2. The molecule has 4 heterocycles. The predicted octanol–water partition coefficient (Wildman–Crippen LogP) is 4.16. The summed E-state index contributed by atoms with van der Waals surface area (Å²) in [5.74, 6) is 0.382. The Kier molecular flexibility index (Phi) is 5.68. The Balaban J connectivity index is 1.40. The number of aromatic nitrogens is 4. The number of fused-ring (bicyclic) bond motifs is 1. The summed E-state index contributed by atoms with van der Waals surface area (Å²) in [6.45, 7) is 8.73. The number of benzene rings is 1. The van der Waals surface area contributed by atoms with Crippen molar-refractivity contribution in [2.24, 2.45) is 0 Å². The molecule has 0 unspecified atom stereocenters. The molecule has 34 heavy (non-hydrogen) atoms. The van der Waals surface area contributed by atoms with Gasteiger partial charge in [0.25, 0.3) is 5.91 Å². The van der Waals surface area contributed by atoms with Crippen molar-refractivity contribution in [2.75, 3.05) is 36.4 Å². The van der Waals surface area contributed by atoms with E-state index in [0.29, 0.717) is 43.1 Å². The van der Waals surface area contributed by atoms with Gasteiger partial charge < -0.3 is 15.1 Å². The van der Waals surface area contributed by atoms with Crippen molar-refractivity contribution in [3.8, 4) is 11.3 Å². The molecule has 8 nitrogen and oxygen atoms in total. The van der Waals surface area contributed by atoms with Gasteiger partial charge in [-0.2, -0.15) is 4.52 Å². The van der Waals surface area contributed by atoms with Crippen LogP contribution in [0.3, 0.4) is 0 Å². The van der Waals surface area contributed by atoms with Crippen molar-refractivity contribution in [1.29, 1.82) is 0 Å². The number of amides is 1. The number of halogens is 1. The molecule has 0 atom stereocenters. The number of piperazine rings is 1. The van der Waals surface area contributed by atoms with Gasteiger partial charge >= 0.3 is 0 Å². The fourth-order valence-electron chi connectivity index (χ4n) is 3.92. The second kappa shape index (κ2) is 8.68. The van der Waals surface area contributed by atoms with Crippen molar-refractivity contribution in [3.05, 3.63) is 60.2 Å². The molecule has 0 spiro atoms. The van der Waals surface area contributed by atoms with Crippen LogP contribution in [0.2, 0.25) is 0 Å². The van der Waals surface area contributed by atoms with E-state index in [4.69, 9.17) is 10.1 Å². The molecule has 1 saturated heterocycles. The maximum atomic E-state index is 13.9. The van der Waals surface area contributed by atoms with Gasteiger partial charge in [-0.1, -0.05) is 29.5 Å². The van der Waals surface area contributed by atoms with E-state index >= 15 is 0 Å². The largest absolute Gasteiger partial charge is 0.364 e. The maximum Gasteiger partial charge on any atom is 0.272 e. The summed E-state index contributed by atoms with van der Waals surface area (Å²) in [7, 11) is 0. The Labute approximate surface area is 201 Å². The first-order valence-corrected chi connectivity index (χ1v) is 12.0. The Morgan fingerprint density at radius 1 is 1.09 bits per heavy atom. The van der Waals surface area contributed by atoms with E-state index in [1.807, 2.05) is 17.0 Å². The van der Waals surface area contributed by atoms with Crippen molar-refractivity contribution >= 4 is 33.2 Å². The zero-order valence-corrected chi connectivity index (χ0v) is 20.1. The molecule has 0 bridgehead atoms. The molecule has 0 saturated carbocycles. The molecule has 1 N–H and O–H groups in total. The normalized spacial score (nSPS) is 14.6. The standard InChI is InChI=1S/C24H26FN7OS/c1-24(2,3)28-20-19(16-7-6-8-17(25)15-16)27-22-32(20)29-23(34-22)31-13-11-30(12-14-31)21(33)18-9-4-5-10-26-18/h4-10,15,28H,11-14H2,1-3H3. The molecule has 0 radical (unpaired) electrons. The lowest BCUT2D eigenvalue weighted by Crippen LogP contribution is -2.49. The second-order valence-electron chi connectivity index (χ2n) is 9.27. The minimum Gasteiger partial charge on any atom is -0.364 e. The average Bonchev–Trinajstić information content (AvgIpc) is 3.38. The fourth-order valence-corrected chi connectivity index (χ4v) is 4.88. The van der Waals surface area contributed by atoms with E-state index in [-0.39, 0.29) is 17.3 Å². The van der Waals surface area contributed by atoms with E-state index in [9.17, 15) is 9.18 Å². The summed E-state index contributed by atoms with van der Waals surface area (Å²) in [5.41, 5.74) is 1.60. The second-order valence-corrected chi connectivity index (χ2v) is 10.2. The van der Waals surface area contributed by atoms with Crippen LogP contribution in [0.4, 0.5) is 15.3 Å². The van der Waals surface area contributed by atoms with Crippen LogP contribution in [0.5, 0.6) is 0 Å².